The first-order valence-corrected chi connectivity index (χ1v) is 9.22. The molecule has 1 aliphatic carbocycles. The zero-order valence-corrected chi connectivity index (χ0v) is 14.6. The highest BCUT2D eigenvalue weighted by Gasteiger charge is 2.30. The number of amidine groups is 1. The van der Waals surface area contributed by atoms with E-state index in [4.69, 9.17) is 5.41 Å². The smallest absolute Gasteiger partial charge is 0.256 e. The lowest BCUT2D eigenvalue weighted by Crippen LogP contribution is -2.34. The highest BCUT2D eigenvalue weighted by Crippen LogP contribution is 2.35. The molecule has 1 amide bonds. The van der Waals surface area contributed by atoms with Crippen molar-refractivity contribution >= 4 is 28.6 Å². The number of carbonyl (C=O) groups is 2. The number of nitrogens with one attached hydrogen (secondary N) is 2. The van der Waals surface area contributed by atoms with E-state index < -0.39 is 0 Å². The third-order valence-corrected chi connectivity index (χ3v) is 5.57. The molecule has 3 rings (SSSR count). The highest BCUT2D eigenvalue weighted by molar-refractivity contribution is 8.14. The minimum Gasteiger partial charge on any atom is -0.310 e. The summed E-state index contributed by atoms with van der Waals surface area (Å²) in [5.74, 6) is 0.0138. The van der Waals surface area contributed by atoms with Crippen LogP contribution in [0.4, 0.5) is 0 Å². The maximum absolute atomic E-state index is 12.3. The van der Waals surface area contributed by atoms with Crippen LogP contribution in [-0.4, -0.2) is 22.1 Å². The monoisotopic (exact) mass is 352 g/mol. The van der Waals surface area contributed by atoms with E-state index in [1.807, 2.05) is 36.4 Å². The maximum atomic E-state index is 12.3. The van der Waals surface area contributed by atoms with E-state index in [2.05, 4.69) is 5.32 Å². The topological polar surface area (TPSA) is 70.0 Å². The van der Waals surface area contributed by atoms with Gasteiger partial charge in [0.05, 0.1) is 0 Å². The average molecular weight is 352 g/mol. The van der Waals surface area contributed by atoms with Gasteiger partial charge >= 0.3 is 0 Å². The molecule has 2 N–H and O–H groups in total. The predicted molar refractivity (Wildman–Crippen MR) is 101 cm³/mol. The Morgan fingerprint density at radius 2 is 1.52 bits per heavy atom. The largest absolute Gasteiger partial charge is 0.310 e. The fourth-order valence-electron chi connectivity index (χ4n) is 2.99. The molecular weight excluding hydrogens is 332 g/mol. The molecule has 1 aliphatic rings. The number of rotatable bonds is 4. The van der Waals surface area contributed by atoms with Crippen LogP contribution >= 0.6 is 11.8 Å². The van der Waals surface area contributed by atoms with Crippen molar-refractivity contribution in [1.82, 2.24) is 5.32 Å². The highest BCUT2D eigenvalue weighted by atomic mass is 32.2. The van der Waals surface area contributed by atoms with E-state index in [0.717, 1.165) is 19.3 Å². The van der Waals surface area contributed by atoms with Gasteiger partial charge in [0.1, 0.15) is 5.84 Å². The summed E-state index contributed by atoms with van der Waals surface area (Å²) in [5, 5.41) is 11.1. The molecule has 1 saturated carbocycles. The van der Waals surface area contributed by atoms with Crippen molar-refractivity contribution in [1.29, 1.82) is 5.41 Å². The number of amides is 1. The van der Waals surface area contributed by atoms with E-state index in [0.29, 0.717) is 11.1 Å². The molecule has 5 heteroatoms. The van der Waals surface area contributed by atoms with E-state index in [9.17, 15) is 9.59 Å². The number of thioether (sulfide) groups is 1. The second kappa shape index (κ2) is 8.12. The summed E-state index contributed by atoms with van der Waals surface area (Å²) < 4.78 is 0. The second-order valence-corrected chi connectivity index (χ2v) is 7.41. The molecule has 1 fully saturated rings. The summed E-state index contributed by atoms with van der Waals surface area (Å²) in [6, 6.07) is 18.2. The van der Waals surface area contributed by atoms with Gasteiger partial charge in [0.25, 0.3) is 5.91 Å². The van der Waals surface area contributed by atoms with E-state index >= 15 is 0 Å². The van der Waals surface area contributed by atoms with E-state index in [1.165, 1.54) is 11.8 Å². The molecule has 0 radical (unpaired) electrons. The quantitative estimate of drug-likeness (QED) is 0.642. The Labute approximate surface area is 151 Å². The average Bonchev–Trinajstić information content (AvgIpc) is 3.12. The minimum atomic E-state index is -0.248. The van der Waals surface area contributed by atoms with Crippen LogP contribution in [0.15, 0.2) is 60.7 Å². The van der Waals surface area contributed by atoms with Crippen LogP contribution in [-0.2, 0) is 0 Å². The summed E-state index contributed by atoms with van der Waals surface area (Å²) in [5.41, 5.74) is 1.26. The molecule has 0 heterocycles. The third-order valence-electron chi connectivity index (χ3n) is 4.36. The summed E-state index contributed by atoms with van der Waals surface area (Å²) in [6.07, 6.45) is 2.46. The van der Waals surface area contributed by atoms with Crippen molar-refractivity contribution in [3.05, 3.63) is 71.8 Å². The maximum Gasteiger partial charge on any atom is 0.256 e. The summed E-state index contributed by atoms with van der Waals surface area (Å²) in [6.45, 7) is 0. The van der Waals surface area contributed by atoms with Gasteiger partial charge < -0.3 is 5.32 Å². The van der Waals surface area contributed by atoms with Crippen LogP contribution in [0.5, 0.6) is 0 Å². The molecule has 0 bridgehead atoms. The van der Waals surface area contributed by atoms with Gasteiger partial charge in [0.15, 0.2) is 0 Å². The Hall–Kier alpha value is -2.40. The predicted octanol–water partition coefficient (Wildman–Crippen LogP) is 4.14. The van der Waals surface area contributed by atoms with Gasteiger partial charge in [-0.15, -0.1) is 0 Å². The molecule has 0 spiro atoms. The van der Waals surface area contributed by atoms with Crippen LogP contribution in [0.1, 0.15) is 40.0 Å². The van der Waals surface area contributed by atoms with Gasteiger partial charge in [-0.25, -0.2) is 0 Å². The van der Waals surface area contributed by atoms with Crippen molar-refractivity contribution in [2.75, 3.05) is 0 Å². The van der Waals surface area contributed by atoms with E-state index in [1.54, 1.807) is 24.3 Å². The Morgan fingerprint density at radius 1 is 0.920 bits per heavy atom. The fourth-order valence-corrected chi connectivity index (χ4v) is 4.15. The molecule has 0 aromatic heterocycles. The summed E-state index contributed by atoms with van der Waals surface area (Å²) in [7, 11) is 0. The number of benzene rings is 2. The number of hydrogen-bond donors (Lipinski definition) is 2. The van der Waals surface area contributed by atoms with Gasteiger partial charge in [0.2, 0.25) is 5.12 Å². The summed E-state index contributed by atoms with van der Waals surface area (Å²) in [4.78, 5) is 24.4. The Balaban J connectivity index is 1.51. The zero-order valence-electron chi connectivity index (χ0n) is 13.8. The van der Waals surface area contributed by atoms with Crippen LogP contribution < -0.4 is 5.32 Å². The van der Waals surface area contributed by atoms with Crippen LogP contribution in [0.3, 0.4) is 0 Å². The molecule has 2 unspecified atom stereocenters. The van der Waals surface area contributed by atoms with Gasteiger partial charge in [-0.1, -0.05) is 60.3 Å². The molecule has 0 aliphatic heterocycles. The molecule has 0 saturated heterocycles. The van der Waals surface area contributed by atoms with Crippen molar-refractivity contribution in [3.8, 4) is 0 Å². The second-order valence-electron chi connectivity index (χ2n) is 6.14. The molecule has 4 nitrogen and oxygen atoms in total. The Morgan fingerprint density at radius 3 is 2.16 bits per heavy atom. The van der Waals surface area contributed by atoms with Gasteiger partial charge in [-0.3, -0.25) is 15.0 Å². The third kappa shape index (κ3) is 4.57. The first-order chi connectivity index (χ1) is 12.1. The van der Waals surface area contributed by atoms with Crippen molar-refractivity contribution in [2.45, 2.75) is 24.5 Å². The lowest BCUT2D eigenvalue weighted by atomic mass is 10.1. The lowest BCUT2D eigenvalue weighted by Gasteiger charge is -2.13. The Kier molecular flexibility index (Phi) is 5.66. The van der Waals surface area contributed by atoms with Crippen molar-refractivity contribution < 1.29 is 9.59 Å². The minimum absolute atomic E-state index is 0.00809. The van der Waals surface area contributed by atoms with Crippen molar-refractivity contribution in [2.24, 2.45) is 5.92 Å². The van der Waals surface area contributed by atoms with Gasteiger partial charge in [0, 0.05) is 22.3 Å². The SMILES string of the molecule is N=C(NC(=O)c1ccccc1)C1CCC(SC(=O)c2ccccc2)C1. The summed E-state index contributed by atoms with van der Waals surface area (Å²) >= 11 is 1.35. The molecule has 128 valence electrons. The number of carbonyl (C=O) groups excluding carboxylic acids is 2. The van der Waals surface area contributed by atoms with Crippen LogP contribution in [0, 0.1) is 11.3 Å². The molecule has 2 aromatic rings. The molecule has 2 aromatic carbocycles. The lowest BCUT2D eigenvalue weighted by molar-refractivity contribution is 0.0974. The van der Waals surface area contributed by atoms with Gasteiger partial charge in [-0.05, 0) is 31.4 Å². The molecule has 25 heavy (non-hydrogen) atoms. The first kappa shape index (κ1) is 17.4. The van der Waals surface area contributed by atoms with Crippen LogP contribution in [0.2, 0.25) is 0 Å². The Bertz CT molecular complexity index is 762. The fraction of sp³-hybridized carbons (Fsp3) is 0.250. The normalized spacial score (nSPS) is 19.4. The number of hydrogen-bond acceptors (Lipinski definition) is 4. The van der Waals surface area contributed by atoms with E-state index in [-0.39, 0.29) is 28.0 Å². The van der Waals surface area contributed by atoms with Crippen LogP contribution in [0.25, 0.3) is 0 Å². The zero-order chi connectivity index (χ0) is 17.6. The molecule has 2 atom stereocenters. The van der Waals surface area contributed by atoms with Crippen molar-refractivity contribution in [3.63, 3.8) is 0 Å². The van der Waals surface area contributed by atoms with Gasteiger partial charge in [-0.2, -0.15) is 0 Å². The standard InChI is InChI=1S/C20H20N2O2S/c21-18(22-19(23)14-7-3-1-4-8-14)16-11-12-17(13-16)25-20(24)15-9-5-2-6-10-15/h1-10,16-17H,11-13H2,(H2,21,22,23). The molecular formula is C20H20N2O2S. The first-order valence-electron chi connectivity index (χ1n) is 8.34.